The molecular weight excluding hydrogens is 226 g/mol. The second kappa shape index (κ2) is 4.24. The van der Waals surface area contributed by atoms with Crippen LogP contribution in [0.4, 0.5) is 0 Å². The monoisotopic (exact) mass is 237 g/mol. The molecule has 0 spiro atoms. The third kappa shape index (κ3) is 2.25. The Hall–Kier alpha value is -2.38. The highest BCUT2D eigenvalue weighted by Crippen LogP contribution is 1.93. The summed E-state index contributed by atoms with van der Waals surface area (Å²) < 4.78 is 4.37. The lowest BCUT2D eigenvalue weighted by Gasteiger charge is -2.00. The largest absolute Gasteiger partial charge is 0.476 e. The van der Waals surface area contributed by atoms with Crippen molar-refractivity contribution in [3.05, 3.63) is 34.8 Å². The van der Waals surface area contributed by atoms with Gasteiger partial charge < -0.3 is 9.67 Å². The molecule has 2 rings (SSSR count). The van der Waals surface area contributed by atoms with E-state index in [0.717, 1.165) is 0 Å². The Morgan fingerprint density at radius 2 is 2.18 bits per heavy atom. The first kappa shape index (κ1) is 11.1. The number of hydrogen-bond donors (Lipinski definition) is 1. The van der Waals surface area contributed by atoms with Gasteiger partial charge in [-0.05, 0) is 0 Å². The predicted molar refractivity (Wildman–Crippen MR) is 56.7 cm³/mol. The van der Waals surface area contributed by atoms with E-state index in [-0.39, 0.29) is 11.4 Å². The fraction of sp³-hybridized carbons (Fsp3) is 0.333. The average Bonchev–Trinajstić information content (AvgIpc) is 2.86. The van der Waals surface area contributed by atoms with E-state index >= 15 is 0 Å². The van der Waals surface area contributed by atoms with Gasteiger partial charge in [0.25, 0.3) is 0 Å². The Bertz CT molecular complexity index is 594. The van der Waals surface area contributed by atoms with E-state index in [1.54, 1.807) is 19.4 Å². The van der Waals surface area contributed by atoms with Crippen LogP contribution in [0.5, 0.6) is 0 Å². The Balaban J connectivity index is 2.05. The fourth-order valence-corrected chi connectivity index (χ4v) is 1.40. The number of carboxylic acid groups (broad SMARTS) is 1. The molecule has 0 aliphatic heterocycles. The van der Waals surface area contributed by atoms with Crippen LogP contribution in [0.25, 0.3) is 0 Å². The van der Waals surface area contributed by atoms with E-state index in [1.165, 1.54) is 20.0 Å². The molecule has 0 atom stereocenters. The van der Waals surface area contributed by atoms with Crippen molar-refractivity contribution in [2.45, 2.75) is 13.1 Å². The molecule has 2 aromatic heterocycles. The minimum absolute atomic E-state index is 0.106. The average molecular weight is 237 g/mol. The van der Waals surface area contributed by atoms with Gasteiger partial charge in [0.2, 0.25) is 0 Å². The second-order valence-corrected chi connectivity index (χ2v) is 3.56. The Morgan fingerprint density at radius 3 is 2.71 bits per heavy atom. The molecule has 0 aliphatic rings. The third-order valence-electron chi connectivity index (χ3n) is 2.35. The van der Waals surface area contributed by atoms with Crippen molar-refractivity contribution < 1.29 is 9.90 Å². The number of aromatic nitrogens is 5. The molecule has 0 amide bonds. The van der Waals surface area contributed by atoms with Crippen LogP contribution >= 0.6 is 0 Å². The number of aryl methyl sites for hydroxylation is 3. The maximum Gasteiger partial charge on any atom is 0.358 e. The van der Waals surface area contributed by atoms with E-state index in [0.29, 0.717) is 13.1 Å². The summed E-state index contributed by atoms with van der Waals surface area (Å²) in [5.74, 6) is -1.12. The summed E-state index contributed by atoms with van der Waals surface area (Å²) in [4.78, 5) is 22.1. The zero-order valence-corrected chi connectivity index (χ0v) is 9.15. The van der Waals surface area contributed by atoms with Gasteiger partial charge in [0, 0.05) is 26.0 Å². The maximum atomic E-state index is 11.5. The van der Waals surface area contributed by atoms with Crippen molar-refractivity contribution in [1.29, 1.82) is 0 Å². The quantitative estimate of drug-likeness (QED) is 0.749. The molecule has 0 radical (unpaired) electrons. The zero-order valence-electron chi connectivity index (χ0n) is 9.15. The number of aromatic carboxylic acids is 1. The smallest absolute Gasteiger partial charge is 0.358 e. The van der Waals surface area contributed by atoms with Crippen molar-refractivity contribution in [2.75, 3.05) is 0 Å². The molecular formula is C9H11N5O3. The number of hydrogen-bond acceptors (Lipinski definition) is 4. The van der Waals surface area contributed by atoms with Gasteiger partial charge in [0.15, 0.2) is 5.69 Å². The van der Waals surface area contributed by atoms with Crippen LogP contribution in [-0.2, 0) is 20.1 Å². The lowest BCUT2D eigenvalue weighted by molar-refractivity contribution is 0.0690. The van der Waals surface area contributed by atoms with E-state index in [2.05, 4.69) is 10.3 Å². The molecule has 0 aliphatic carbocycles. The summed E-state index contributed by atoms with van der Waals surface area (Å²) in [5.41, 5.74) is -0.228. The SMILES string of the molecule is Cn1ccn(CCn2cc(C(=O)O)nn2)c1=O. The molecule has 1 N–H and O–H groups in total. The van der Waals surface area contributed by atoms with E-state index in [4.69, 9.17) is 5.11 Å². The number of carbonyl (C=O) groups is 1. The predicted octanol–water partition coefficient (Wildman–Crippen LogP) is -0.823. The molecule has 0 fully saturated rings. The summed E-state index contributed by atoms with van der Waals surface area (Å²) in [6, 6.07) is 0. The first-order valence-corrected chi connectivity index (χ1v) is 4.93. The maximum absolute atomic E-state index is 11.5. The van der Waals surface area contributed by atoms with Gasteiger partial charge in [-0.3, -0.25) is 4.57 Å². The lowest BCUT2D eigenvalue weighted by Crippen LogP contribution is -2.23. The Morgan fingerprint density at radius 1 is 1.41 bits per heavy atom. The highest BCUT2D eigenvalue weighted by Gasteiger charge is 2.08. The van der Waals surface area contributed by atoms with Crippen LogP contribution in [0.2, 0.25) is 0 Å². The summed E-state index contributed by atoms with van der Waals surface area (Å²) in [5, 5.41) is 15.8. The van der Waals surface area contributed by atoms with Gasteiger partial charge >= 0.3 is 11.7 Å². The minimum atomic E-state index is -1.12. The molecule has 8 nitrogen and oxygen atoms in total. The molecule has 2 heterocycles. The van der Waals surface area contributed by atoms with Crippen LogP contribution in [0.3, 0.4) is 0 Å². The van der Waals surface area contributed by atoms with E-state index < -0.39 is 5.97 Å². The fourth-order valence-electron chi connectivity index (χ4n) is 1.40. The number of imidazole rings is 1. The normalized spacial score (nSPS) is 10.6. The van der Waals surface area contributed by atoms with Crippen molar-refractivity contribution in [3.8, 4) is 0 Å². The van der Waals surface area contributed by atoms with Gasteiger partial charge in [-0.15, -0.1) is 5.10 Å². The highest BCUT2D eigenvalue weighted by atomic mass is 16.4. The molecule has 0 bridgehead atoms. The third-order valence-corrected chi connectivity index (χ3v) is 2.35. The highest BCUT2D eigenvalue weighted by molar-refractivity contribution is 5.84. The number of rotatable bonds is 4. The topological polar surface area (TPSA) is 94.9 Å². The minimum Gasteiger partial charge on any atom is -0.476 e. The van der Waals surface area contributed by atoms with Crippen molar-refractivity contribution in [1.82, 2.24) is 24.1 Å². The standard InChI is InChI=1S/C9H11N5O3/c1-12-2-3-13(9(12)17)4-5-14-6-7(8(15)16)10-11-14/h2-3,6H,4-5H2,1H3,(H,15,16). The first-order chi connectivity index (χ1) is 8.08. The molecule has 0 aromatic carbocycles. The summed E-state index contributed by atoms with van der Waals surface area (Å²) in [6.45, 7) is 0.812. The van der Waals surface area contributed by atoms with Crippen LogP contribution in [0.1, 0.15) is 10.5 Å². The second-order valence-electron chi connectivity index (χ2n) is 3.56. The molecule has 0 saturated heterocycles. The van der Waals surface area contributed by atoms with Gasteiger partial charge in [-0.25, -0.2) is 14.3 Å². The van der Waals surface area contributed by atoms with Gasteiger partial charge in [-0.1, -0.05) is 5.21 Å². The summed E-state index contributed by atoms with van der Waals surface area (Å²) >= 11 is 0. The molecule has 2 aromatic rings. The lowest BCUT2D eigenvalue weighted by atomic mass is 10.5. The summed E-state index contributed by atoms with van der Waals surface area (Å²) in [6.07, 6.45) is 4.65. The molecule has 90 valence electrons. The van der Waals surface area contributed by atoms with Crippen molar-refractivity contribution in [2.24, 2.45) is 7.05 Å². The Labute approximate surface area is 95.7 Å². The first-order valence-electron chi connectivity index (χ1n) is 4.93. The number of carboxylic acids is 1. The summed E-state index contributed by atoms with van der Waals surface area (Å²) in [7, 11) is 1.66. The van der Waals surface area contributed by atoms with Crippen LogP contribution in [0.15, 0.2) is 23.4 Å². The van der Waals surface area contributed by atoms with Gasteiger partial charge in [0.1, 0.15) is 0 Å². The van der Waals surface area contributed by atoms with E-state index in [9.17, 15) is 9.59 Å². The Kier molecular flexibility index (Phi) is 2.77. The molecule has 17 heavy (non-hydrogen) atoms. The van der Waals surface area contributed by atoms with Crippen LogP contribution < -0.4 is 5.69 Å². The van der Waals surface area contributed by atoms with Crippen LogP contribution in [0, 0.1) is 0 Å². The van der Waals surface area contributed by atoms with E-state index in [1.807, 2.05) is 0 Å². The van der Waals surface area contributed by atoms with Crippen LogP contribution in [-0.4, -0.2) is 35.2 Å². The molecule has 0 unspecified atom stereocenters. The zero-order chi connectivity index (χ0) is 12.4. The molecule has 8 heteroatoms. The number of nitrogens with zero attached hydrogens (tertiary/aromatic N) is 5. The van der Waals surface area contributed by atoms with Crippen molar-refractivity contribution >= 4 is 5.97 Å². The van der Waals surface area contributed by atoms with Gasteiger partial charge in [0.05, 0.1) is 12.7 Å². The van der Waals surface area contributed by atoms with Gasteiger partial charge in [-0.2, -0.15) is 0 Å². The van der Waals surface area contributed by atoms with Crippen molar-refractivity contribution in [3.63, 3.8) is 0 Å². The molecule has 0 saturated carbocycles.